The molecule has 9 heteroatoms. The van der Waals surface area contributed by atoms with Gasteiger partial charge in [0, 0.05) is 11.3 Å². The molecular weight excluding hydrogens is 371 g/mol. The van der Waals surface area contributed by atoms with Gasteiger partial charge in [0.25, 0.3) is 0 Å². The van der Waals surface area contributed by atoms with E-state index >= 15 is 0 Å². The van der Waals surface area contributed by atoms with Crippen molar-refractivity contribution in [2.75, 3.05) is 19.5 Å². The van der Waals surface area contributed by atoms with Crippen LogP contribution in [0.3, 0.4) is 0 Å². The zero-order valence-electron chi connectivity index (χ0n) is 14.7. The predicted molar refractivity (Wildman–Crippen MR) is 98.5 cm³/mol. The summed E-state index contributed by atoms with van der Waals surface area (Å²) in [6.07, 6.45) is -0.734. The van der Waals surface area contributed by atoms with E-state index < -0.39 is 6.10 Å². The quantitative estimate of drug-likeness (QED) is 0.562. The SMILES string of the molecule is COc1ccc(-n2nnnc2SCC(O)COCc2ccccc2F)cc1. The van der Waals surface area contributed by atoms with E-state index in [4.69, 9.17) is 9.47 Å². The molecule has 0 amide bonds. The van der Waals surface area contributed by atoms with Crippen LogP contribution in [0.5, 0.6) is 5.75 Å². The Morgan fingerprint density at radius 1 is 1.19 bits per heavy atom. The number of hydrogen-bond acceptors (Lipinski definition) is 7. The molecule has 3 rings (SSSR count). The van der Waals surface area contributed by atoms with Crippen molar-refractivity contribution in [1.82, 2.24) is 20.2 Å². The van der Waals surface area contributed by atoms with Gasteiger partial charge in [-0.05, 0) is 40.8 Å². The van der Waals surface area contributed by atoms with Gasteiger partial charge >= 0.3 is 0 Å². The van der Waals surface area contributed by atoms with Crippen LogP contribution in [-0.4, -0.2) is 50.9 Å². The van der Waals surface area contributed by atoms with E-state index in [0.29, 0.717) is 16.5 Å². The highest BCUT2D eigenvalue weighted by Crippen LogP contribution is 2.21. The van der Waals surface area contributed by atoms with E-state index in [9.17, 15) is 9.50 Å². The lowest BCUT2D eigenvalue weighted by molar-refractivity contribution is 0.0386. The number of aliphatic hydroxyl groups excluding tert-OH is 1. The number of aliphatic hydroxyl groups is 1. The number of aromatic nitrogens is 4. The average molecular weight is 390 g/mol. The molecule has 0 bridgehead atoms. The molecule has 0 aliphatic heterocycles. The normalized spacial score (nSPS) is 12.1. The number of hydrogen-bond donors (Lipinski definition) is 1. The molecular formula is C18H19FN4O3S. The number of tetrazole rings is 1. The fraction of sp³-hybridized carbons (Fsp3) is 0.278. The Kier molecular flexibility index (Phi) is 6.74. The molecule has 1 aromatic heterocycles. The summed E-state index contributed by atoms with van der Waals surface area (Å²) < 4.78 is 25.6. The van der Waals surface area contributed by atoms with Crippen molar-refractivity contribution in [3.63, 3.8) is 0 Å². The zero-order chi connectivity index (χ0) is 19.1. The fourth-order valence-electron chi connectivity index (χ4n) is 2.29. The van der Waals surface area contributed by atoms with Crippen molar-refractivity contribution in [2.24, 2.45) is 0 Å². The summed E-state index contributed by atoms with van der Waals surface area (Å²) in [6, 6.07) is 13.7. The van der Waals surface area contributed by atoms with E-state index in [0.717, 1.165) is 11.4 Å². The second-order valence-corrected chi connectivity index (χ2v) is 6.63. The summed E-state index contributed by atoms with van der Waals surface area (Å²) in [4.78, 5) is 0. The largest absolute Gasteiger partial charge is 0.497 e. The van der Waals surface area contributed by atoms with Crippen LogP contribution in [0, 0.1) is 5.82 Å². The molecule has 0 radical (unpaired) electrons. The van der Waals surface area contributed by atoms with Crippen LogP contribution in [0.1, 0.15) is 5.56 Å². The topological polar surface area (TPSA) is 82.3 Å². The van der Waals surface area contributed by atoms with Gasteiger partial charge in [-0.1, -0.05) is 30.0 Å². The molecule has 1 N–H and O–H groups in total. The molecule has 0 fully saturated rings. The van der Waals surface area contributed by atoms with E-state index in [1.807, 2.05) is 24.3 Å². The van der Waals surface area contributed by atoms with Crippen LogP contribution in [0.25, 0.3) is 5.69 Å². The highest BCUT2D eigenvalue weighted by Gasteiger charge is 2.13. The predicted octanol–water partition coefficient (Wildman–Crippen LogP) is 2.48. The molecule has 27 heavy (non-hydrogen) atoms. The van der Waals surface area contributed by atoms with E-state index in [1.54, 1.807) is 30.0 Å². The van der Waals surface area contributed by atoms with Gasteiger partial charge in [0.2, 0.25) is 5.16 Å². The summed E-state index contributed by atoms with van der Waals surface area (Å²) in [5.41, 5.74) is 1.24. The van der Waals surface area contributed by atoms with E-state index in [1.165, 1.54) is 17.8 Å². The van der Waals surface area contributed by atoms with Gasteiger partial charge in [0.1, 0.15) is 11.6 Å². The minimum absolute atomic E-state index is 0.0887. The highest BCUT2D eigenvalue weighted by molar-refractivity contribution is 7.99. The average Bonchev–Trinajstić information content (AvgIpc) is 3.16. The Morgan fingerprint density at radius 2 is 1.96 bits per heavy atom. The Labute approximate surface area is 160 Å². The van der Waals surface area contributed by atoms with Crippen molar-refractivity contribution >= 4 is 11.8 Å². The van der Waals surface area contributed by atoms with Crippen molar-refractivity contribution in [3.8, 4) is 11.4 Å². The van der Waals surface area contributed by atoms with Crippen LogP contribution < -0.4 is 4.74 Å². The van der Waals surface area contributed by atoms with Crippen LogP contribution in [0.4, 0.5) is 4.39 Å². The number of nitrogens with zero attached hydrogens (tertiary/aromatic N) is 4. The lowest BCUT2D eigenvalue weighted by atomic mass is 10.2. The fourth-order valence-corrected chi connectivity index (χ4v) is 3.09. The van der Waals surface area contributed by atoms with Gasteiger partial charge in [0.15, 0.2) is 0 Å². The molecule has 0 aliphatic rings. The van der Waals surface area contributed by atoms with E-state index in [2.05, 4.69) is 15.5 Å². The lowest BCUT2D eigenvalue weighted by Gasteiger charge is -2.11. The minimum Gasteiger partial charge on any atom is -0.497 e. The molecule has 7 nitrogen and oxygen atoms in total. The first-order chi connectivity index (χ1) is 13.2. The summed E-state index contributed by atoms with van der Waals surface area (Å²) in [5, 5.41) is 22.3. The third-order valence-electron chi connectivity index (χ3n) is 3.69. The molecule has 0 aliphatic carbocycles. The number of thioether (sulfide) groups is 1. The Hall–Kier alpha value is -2.49. The van der Waals surface area contributed by atoms with Gasteiger partial charge in [-0.15, -0.1) is 5.10 Å². The van der Waals surface area contributed by atoms with Crippen molar-refractivity contribution in [2.45, 2.75) is 17.9 Å². The molecule has 2 aromatic carbocycles. The van der Waals surface area contributed by atoms with Gasteiger partial charge in [-0.2, -0.15) is 4.68 Å². The molecule has 3 aromatic rings. The van der Waals surface area contributed by atoms with Crippen LogP contribution >= 0.6 is 11.8 Å². The maximum absolute atomic E-state index is 13.5. The van der Waals surface area contributed by atoms with Gasteiger partial charge in [0.05, 0.1) is 32.1 Å². The third kappa shape index (κ3) is 5.25. The molecule has 1 atom stereocenters. The minimum atomic E-state index is -0.734. The number of ether oxygens (including phenoxy) is 2. The molecule has 1 unspecified atom stereocenters. The number of methoxy groups -OCH3 is 1. The zero-order valence-corrected chi connectivity index (χ0v) is 15.5. The summed E-state index contributed by atoms with van der Waals surface area (Å²) in [7, 11) is 1.60. The summed E-state index contributed by atoms with van der Waals surface area (Å²) >= 11 is 1.31. The number of benzene rings is 2. The van der Waals surface area contributed by atoms with Crippen LogP contribution in [-0.2, 0) is 11.3 Å². The first-order valence-corrected chi connectivity index (χ1v) is 9.20. The first kappa shape index (κ1) is 19.3. The Morgan fingerprint density at radius 3 is 2.70 bits per heavy atom. The number of halogens is 1. The lowest BCUT2D eigenvalue weighted by Crippen LogP contribution is -2.18. The van der Waals surface area contributed by atoms with Crippen molar-refractivity contribution in [1.29, 1.82) is 0 Å². The van der Waals surface area contributed by atoms with Crippen molar-refractivity contribution in [3.05, 3.63) is 59.9 Å². The molecule has 0 saturated carbocycles. The van der Waals surface area contributed by atoms with Crippen LogP contribution in [0.2, 0.25) is 0 Å². The molecule has 142 valence electrons. The first-order valence-electron chi connectivity index (χ1n) is 8.22. The van der Waals surface area contributed by atoms with Gasteiger partial charge in [-0.25, -0.2) is 4.39 Å². The standard InChI is InChI=1S/C18H19FN4O3S/c1-25-16-8-6-14(7-9-16)23-18(20-21-22-23)27-12-15(24)11-26-10-13-4-2-3-5-17(13)19/h2-9,15,24H,10-12H2,1H3. The second kappa shape index (κ2) is 9.45. The summed E-state index contributed by atoms with van der Waals surface area (Å²) in [5.74, 6) is 0.761. The molecule has 0 saturated heterocycles. The third-order valence-corrected chi connectivity index (χ3v) is 4.75. The molecule has 1 heterocycles. The van der Waals surface area contributed by atoms with E-state index in [-0.39, 0.29) is 19.0 Å². The number of rotatable bonds is 9. The maximum atomic E-state index is 13.5. The van der Waals surface area contributed by atoms with Gasteiger partial charge in [-0.3, -0.25) is 0 Å². The summed E-state index contributed by atoms with van der Waals surface area (Å²) in [6.45, 7) is 0.198. The van der Waals surface area contributed by atoms with Crippen LogP contribution in [0.15, 0.2) is 53.7 Å². The smallest absolute Gasteiger partial charge is 0.214 e. The highest BCUT2D eigenvalue weighted by atomic mass is 32.2. The Bertz CT molecular complexity index is 860. The monoisotopic (exact) mass is 390 g/mol. The Balaban J connectivity index is 1.50. The second-order valence-electron chi connectivity index (χ2n) is 5.64. The maximum Gasteiger partial charge on any atom is 0.214 e. The van der Waals surface area contributed by atoms with Crippen molar-refractivity contribution < 1.29 is 19.0 Å². The molecule has 0 spiro atoms. The van der Waals surface area contributed by atoms with Gasteiger partial charge < -0.3 is 14.6 Å².